The largest absolute Gasteiger partial charge is 0.481 e. The Kier molecular flexibility index (Phi) is 4.47. The molecular formula is C10H10ClFO4S. The number of benzene rings is 1. The minimum Gasteiger partial charge on any atom is -0.481 e. The summed E-state index contributed by atoms with van der Waals surface area (Å²) in [5, 5.41) is 8.53. The van der Waals surface area contributed by atoms with Crippen LogP contribution in [0.25, 0.3) is 0 Å². The summed E-state index contributed by atoms with van der Waals surface area (Å²) in [5.41, 5.74) is 0.136. The molecule has 1 aromatic rings. The number of rotatable bonds is 5. The maximum absolute atomic E-state index is 12.9. The highest BCUT2D eigenvalue weighted by Gasteiger charge is 2.16. The van der Waals surface area contributed by atoms with Crippen LogP contribution in [0.3, 0.4) is 0 Å². The highest BCUT2D eigenvalue weighted by molar-refractivity contribution is 7.90. The zero-order valence-electron chi connectivity index (χ0n) is 8.69. The Labute approximate surface area is 103 Å². The first-order valence-electron chi connectivity index (χ1n) is 4.66. The zero-order valence-corrected chi connectivity index (χ0v) is 10.3. The minimum absolute atomic E-state index is 0.136. The Morgan fingerprint density at radius 2 is 2.06 bits per heavy atom. The van der Waals surface area contributed by atoms with Crippen molar-refractivity contribution in [3.63, 3.8) is 0 Å². The average molecular weight is 281 g/mol. The van der Waals surface area contributed by atoms with Gasteiger partial charge in [-0.2, -0.15) is 0 Å². The van der Waals surface area contributed by atoms with E-state index in [1.54, 1.807) is 0 Å². The molecule has 94 valence electrons. The molecular weight excluding hydrogens is 271 g/mol. The molecule has 1 rings (SSSR count). The van der Waals surface area contributed by atoms with Crippen LogP contribution in [0.5, 0.6) is 0 Å². The van der Waals surface area contributed by atoms with E-state index in [1.165, 1.54) is 6.07 Å². The van der Waals surface area contributed by atoms with Crippen LogP contribution in [0.15, 0.2) is 18.2 Å². The number of carbonyl (C=O) groups is 1. The molecule has 0 aliphatic carbocycles. The number of hydrogen-bond acceptors (Lipinski definition) is 3. The summed E-state index contributed by atoms with van der Waals surface area (Å²) in [4.78, 5) is 10.3. The maximum Gasteiger partial charge on any atom is 0.304 e. The first kappa shape index (κ1) is 13.9. The van der Waals surface area contributed by atoms with Gasteiger partial charge in [0.2, 0.25) is 0 Å². The van der Waals surface area contributed by atoms with E-state index in [4.69, 9.17) is 16.7 Å². The number of sulfone groups is 1. The van der Waals surface area contributed by atoms with E-state index in [9.17, 15) is 17.6 Å². The molecule has 0 fully saturated rings. The normalized spacial score (nSPS) is 11.4. The molecule has 7 heteroatoms. The van der Waals surface area contributed by atoms with Gasteiger partial charge in [-0.15, -0.1) is 0 Å². The summed E-state index contributed by atoms with van der Waals surface area (Å²) in [5.74, 6) is -2.73. The Hall–Kier alpha value is -1.14. The van der Waals surface area contributed by atoms with Gasteiger partial charge in [-0.05, 0) is 23.8 Å². The molecule has 0 aliphatic heterocycles. The summed E-state index contributed by atoms with van der Waals surface area (Å²) in [7, 11) is -3.60. The highest BCUT2D eigenvalue weighted by atomic mass is 35.5. The van der Waals surface area contributed by atoms with Gasteiger partial charge >= 0.3 is 5.97 Å². The smallest absolute Gasteiger partial charge is 0.304 e. The van der Waals surface area contributed by atoms with Gasteiger partial charge in [-0.25, -0.2) is 12.8 Å². The van der Waals surface area contributed by atoms with Gasteiger partial charge in [-0.1, -0.05) is 11.6 Å². The molecule has 0 aliphatic rings. The van der Waals surface area contributed by atoms with Gasteiger partial charge in [0.15, 0.2) is 9.84 Å². The monoisotopic (exact) mass is 280 g/mol. The van der Waals surface area contributed by atoms with Gasteiger partial charge in [0.05, 0.1) is 17.9 Å². The molecule has 0 amide bonds. The van der Waals surface area contributed by atoms with Crippen LogP contribution < -0.4 is 0 Å². The Morgan fingerprint density at radius 1 is 1.41 bits per heavy atom. The Bertz CT molecular complexity index is 527. The van der Waals surface area contributed by atoms with Crippen molar-refractivity contribution in [3.8, 4) is 0 Å². The van der Waals surface area contributed by atoms with E-state index in [-0.39, 0.29) is 10.6 Å². The molecule has 0 bridgehead atoms. The van der Waals surface area contributed by atoms with Crippen LogP contribution in [0.1, 0.15) is 12.0 Å². The molecule has 0 unspecified atom stereocenters. The van der Waals surface area contributed by atoms with Crippen LogP contribution >= 0.6 is 11.6 Å². The molecule has 17 heavy (non-hydrogen) atoms. The summed E-state index contributed by atoms with van der Waals surface area (Å²) >= 11 is 5.72. The van der Waals surface area contributed by atoms with Crippen LogP contribution in [0.4, 0.5) is 4.39 Å². The molecule has 4 nitrogen and oxygen atoms in total. The number of carboxylic acid groups (broad SMARTS) is 1. The standard InChI is InChI=1S/C10H10ClFO4S/c11-9-2-1-8(12)5-7(9)6-17(15,16)4-3-10(13)14/h1-2,5H,3-4,6H2,(H,13,14). The lowest BCUT2D eigenvalue weighted by Gasteiger charge is -2.05. The fourth-order valence-electron chi connectivity index (χ4n) is 1.21. The predicted molar refractivity (Wildman–Crippen MR) is 61.2 cm³/mol. The van der Waals surface area contributed by atoms with Gasteiger partial charge < -0.3 is 5.11 Å². The first-order valence-corrected chi connectivity index (χ1v) is 6.86. The first-order chi connectivity index (χ1) is 7.80. The molecule has 0 saturated heterocycles. The van der Waals surface area contributed by atoms with Crippen molar-refractivity contribution in [1.29, 1.82) is 0 Å². The van der Waals surface area contributed by atoms with Crippen LogP contribution in [0, 0.1) is 5.82 Å². The van der Waals surface area contributed by atoms with Crippen LogP contribution in [-0.4, -0.2) is 25.2 Å². The third kappa shape index (κ3) is 4.70. The third-order valence-corrected chi connectivity index (χ3v) is 3.96. The van der Waals surface area contributed by atoms with E-state index >= 15 is 0 Å². The SMILES string of the molecule is O=C(O)CCS(=O)(=O)Cc1cc(F)ccc1Cl. The second-order valence-corrected chi connectivity index (χ2v) is 6.06. The number of carboxylic acids is 1. The maximum atomic E-state index is 12.9. The lowest BCUT2D eigenvalue weighted by atomic mass is 10.2. The number of hydrogen-bond donors (Lipinski definition) is 1. The third-order valence-electron chi connectivity index (χ3n) is 2.01. The van der Waals surface area contributed by atoms with Crippen molar-refractivity contribution < 1.29 is 22.7 Å². The molecule has 0 aromatic heterocycles. The fourth-order valence-corrected chi connectivity index (χ4v) is 2.81. The van der Waals surface area contributed by atoms with Gasteiger partial charge in [0, 0.05) is 5.02 Å². The fraction of sp³-hybridized carbons (Fsp3) is 0.300. The average Bonchev–Trinajstić information content (AvgIpc) is 2.20. The molecule has 0 atom stereocenters. The molecule has 0 heterocycles. The van der Waals surface area contributed by atoms with E-state index < -0.39 is 39.6 Å². The molecule has 1 aromatic carbocycles. The van der Waals surface area contributed by atoms with Crippen molar-refractivity contribution in [2.75, 3.05) is 5.75 Å². The number of aliphatic carboxylic acids is 1. The number of halogens is 2. The van der Waals surface area contributed by atoms with Crippen LogP contribution in [-0.2, 0) is 20.4 Å². The molecule has 1 N–H and O–H groups in total. The van der Waals surface area contributed by atoms with E-state index in [2.05, 4.69) is 0 Å². The topological polar surface area (TPSA) is 71.4 Å². The van der Waals surface area contributed by atoms with E-state index in [1.807, 2.05) is 0 Å². The van der Waals surface area contributed by atoms with Crippen molar-refractivity contribution in [2.45, 2.75) is 12.2 Å². The Morgan fingerprint density at radius 3 is 2.65 bits per heavy atom. The van der Waals surface area contributed by atoms with Crippen molar-refractivity contribution in [3.05, 3.63) is 34.6 Å². The van der Waals surface area contributed by atoms with E-state index in [0.717, 1.165) is 12.1 Å². The van der Waals surface area contributed by atoms with Gasteiger partial charge in [0.1, 0.15) is 5.82 Å². The quantitative estimate of drug-likeness (QED) is 0.894. The van der Waals surface area contributed by atoms with E-state index in [0.29, 0.717) is 0 Å². The Balaban J connectivity index is 2.83. The van der Waals surface area contributed by atoms with Gasteiger partial charge in [-0.3, -0.25) is 4.79 Å². The lowest BCUT2D eigenvalue weighted by Crippen LogP contribution is -2.13. The molecule has 0 saturated carbocycles. The summed E-state index contributed by atoms with van der Waals surface area (Å²) in [6.45, 7) is 0. The predicted octanol–water partition coefficient (Wildman–Crippen LogP) is 1.87. The summed E-state index contributed by atoms with van der Waals surface area (Å²) < 4.78 is 35.9. The second kappa shape index (κ2) is 5.46. The lowest BCUT2D eigenvalue weighted by molar-refractivity contribution is -0.136. The zero-order chi connectivity index (χ0) is 13.1. The molecule has 0 spiro atoms. The summed E-state index contributed by atoms with van der Waals surface area (Å²) in [6.07, 6.45) is -0.477. The highest BCUT2D eigenvalue weighted by Crippen LogP contribution is 2.20. The van der Waals surface area contributed by atoms with Crippen molar-refractivity contribution in [1.82, 2.24) is 0 Å². The molecule has 0 radical (unpaired) electrons. The minimum atomic E-state index is -3.60. The summed E-state index contributed by atoms with van der Waals surface area (Å²) in [6, 6.07) is 3.41. The second-order valence-electron chi connectivity index (χ2n) is 3.47. The van der Waals surface area contributed by atoms with Gasteiger partial charge in [0.25, 0.3) is 0 Å². The van der Waals surface area contributed by atoms with Crippen molar-refractivity contribution >= 4 is 27.4 Å². The van der Waals surface area contributed by atoms with Crippen molar-refractivity contribution in [2.24, 2.45) is 0 Å². The van der Waals surface area contributed by atoms with Crippen LogP contribution in [0.2, 0.25) is 5.02 Å².